The minimum atomic E-state index is -4.21. The van der Waals surface area contributed by atoms with Gasteiger partial charge >= 0.3 is 5.22 Å². The van der Waals surface area contributed by atoms with Gasteiger partial charge in [-0.2, -0.15) is 4.57 Å². The molecule has 0 aliphatic carbocycles. The zero-order valence-electron chi connectivity index (χ0n) is 13.5. The molecule has 0 spiro atoms. The molecule has 4 rings (SSSR count). The first kappa shape index (κ1) is 16.4. The number of hydrogen-bond acceptors (Lipinski definition) is 5. The molecule has 0 aliphatic rings. The first-order valence-corrected chi connectivity index (χ1v) is 10.6. The van der Waals surface area contributed by atoms with E-state index < -0.39 is 10.1 Å². The lowest BCUT2D eigenvalue weighted by Crippen LogP contribution is -2.35. The van der Waals surface area contributed by atoms with Crippen LogP contribution in [-0.4, -0.2) is 30.0 Å². The first-order valence-electron chi connectivity index (χ1n) is 7.80. The number of nitrogens with zero attached hydrogens (tertiary/aromatic N) is 1. The zero-order valence-corrected chi connectivity index (χ0v) is 15.1. The van der Waals surface area contributed by atoms with E-state index in [1.54, 1.807) is 0 Å². The van der Waals surface area contributed by atoms with Crippen LogP contribution < -0.4 is 4.57 Å². The van der Waals surface area contributed by atoms with Gasteiger partial charge in [-0.3, -0.25) is 0 Å². The molecule has 0 unspecified atom stereocenters. The first-order chi connectivity index (χ1) is 12.0. The Bertz CT molecular complexity index is 1190. The standard InChI is InChI=1S/C17H16N2O4S2/c1-24-17-19(7-4-8-25(20,21)22)15-9-12-11-5-2-3-6-13(11)18-14(12)10-16(15)23-17/h2-3,5-6,9-10,18H,4,7-8H2,1H3. The van der Waals surface area contributed by atoms with Crippen LogP contribution in [0.25, 0.3) is 32.9 Å². The molecule has 0 saturated heterocycles. The summed E-state index contributed by atoms with van der Waals surface area (Å²) in [4.78, 5) is 3.38. The summed E-state index contributed by atoms with van der Waals surface area (Å²) < 4.78 is 40.5. The summed E-state index contributed by atoms with van der Waals surface area (Å²) in [6.07, 6.45) is 2.16. The Labute approximate surface area is 148 Å². The topological polar surface area (TPSA) is 90.0 Å². The third-order valence-corrected chi connectivity index (χ3v) is 5.69. The zero-order chi connectivity index (χ0) is 17.6. The molecule has 0 saturated carbocycles. The summed E-state index contributed by atoms with van der Waals surface area (Å²) >= 11 is 1.45. The van der Waals surface area contributed by atoms with E-state index in [0.717, 1.165) is 32.9 Å². The van der Waals surface area contributed by atoms with E-state index in [4.69, 9.17) is 4.42 Å². The quantitative estimate of drug-likeness (QED) is 0.328. The third-order valence-electron chi connectivity index (χ3n) is 4.24. The average molecular weight is 376 g/mol. The van der Waals surface area contributed by atoms with Crippen LogP contribution in [0.4, 0.5) is 0 Å². The number of hydrogen-bond donors (Lipinski definition) is 1. The van der Waals surface area contributed by atoms with E-state index in [-0.39, 0.29) is 12.2 Å². The summed E-state index contributed by atoms with van der Waals surface area (Å²) in [6.45, 7) is 0.415. The maximum atomic E-state index is 10.9. The van der Waals surface area contributed by atoms with Crippen LogP contribution in [0.1, 0.15) is 6.42 Å². The van der Waals surface area contributed by atoms with Gasteiger partial charge in [-0.25, -0.2) is 8.42 Å². The molecule has 1 N–H and O–H groups in total. The number of H-pyrrole nitrogens is 1. The number of thioether (sulfide) groups is 1. The van der Waals surface area contributed by atoms with Gasteiger partial charge in [0.15, 0.2) is 6.54 Å². The SMILES string of the molecule is CSc1oc2cc3[nH]c4ccccc4c3cc2[n+]1CCCS(=O)(=O)[O-]. The molecule has 0 atom stereocenters. The molecule has 0 bridgehead atoms. The van der Waals surface area contributed by atoms with Gasteiger partial charge < -0.3 is 14.0 Å². The predicted octanol–water partition coefficient (Wildman–Crippen LogP) is 3.01. The largest absolute Gasteiger partial charge is 0.748 e. The highest BCUT2D eigenvalue weighted by Crippen LogP contribution is 2.30. The van der Waals surface area contributed by atoms with Crippen LogP contribution in [0, 0.1) is 0 Å². The van der Waals surface area contributed by atoms with Crippen LogP contribution in [-0.2, 0) is 16.7 Å². The molecule has 0 amide bonds. The van der Waals surface area contributed by atoms with Crippen LogP contribution >= 0.6 is 11.8 Å². The summed E-state index contributed by atoms with van der Waals surface area (Å²) in [5.41, 5.74) is 3.67. The predicted molar refractivity (Wildman–Crippen MR) is 96.7 cm³/mol. The van der Waals surface area contributed by atoms with Crippen molar-refractivity contribution in [1.29, 1.82) is 0 Å². The maximum Gasteiger partial charge on any atom is 0.412 e. The number of aromatic amines is 1. The molecule has 2 aromatic heterocycles. The Morgan fingerprint density at radius 3 is 2.76 bits per heavy atom. The molecule has 0 aliphatic heterocycles. The number of fused-ring (bicyclic) bond motifs is 4. The fourth-order valence-corrected chi connectivity index (χ4v) is 4.24. The maximum absolute atomic E-state index is 10.9. The fraction of sp³-hybridized carbons (Fsp3) is 0.235. The van der Waals surface area contributed by atoms with E-state index in [0.29, 0.717) is 11.8 Å². The number of aryl methyl sites for hydroxylation is 1. The monoisotopic (exact) mass is 376 g/mol. The van der Waals surface area contributed by atoms with Crippen molar-refractivity contribution in [1.82, 2.24) is 4.98 Å². The minimum Gasteiger partial charge on any atom is -0.748 e. The molecule has 0 fully saturated rings. The lowest BCUT2D eigenvalue weighted by molar-refractivity contribution is -0.716. The van der Waals surface area contributed by atoms with Gasteiger partial charge in [-0.1, -0.05) is 18.2 Å². The van der Waals surface area contributed by atoms with Gasteiger partial charge in [-0.05, 0) is 24.1 Å². The molecule has 25 heavy (non-hydrogen) atoms. The van der Waals surface area contributed by atoms with E-state index in [1.807, 2.05) is 35.1 Å². The van der Waals surface area contributed by atoms with Crippen molar-refractivity contribution in [3.63, 3.8) is 0 Å². The number of benzene rings is 2. The molecule has 0 radical (unpaired) electrons. The Morgan fingerprint density at radius 1 is 1.20 bits per heavy atom. The van der Waals surface area contributed by atoms with Crippen molar-refractivity contribution in [3.8, 4) is 0 Å². The van der Waals surface area contributed by atoms with E-state index in [9.17, 15) is 13.0 Å². The van der Waals surface area contributed by atoms with Gasteiger partial charge in [0.2, 0.25) is 5.58 Å². The van der Waals surface area contributed by atoms with Gasteiger partial charge in [0, 0.05) is 40.6 Å². The van der Waals surface area contributed by atoms with Crippen molar-refractivity contribution < 1.29 is 22.0 Å². The van der Waals surface area contributed by atoms with Gasteiger partial charge in [-0.15, -0.1) is 0 Å². The van der Waals surface area contributed by atoms with Gasteiger partial charge in [0.05, 0.1) is 15.6 Å². The second-order valence-corrected chi connectivity index (χ2v) is 8.16. The molecule has 8 heteroatoms. The van der Waals surface area contributed by atoms with Crippen molar-refractivity contribution >= 4 is 54.8 Å². The fourth-order valence-electron chi connectivity index (χ4n) is 3.17. The van der Waals surface area contributed by atoms with Crippen molar-refractivity contribution in [2.75, 3.05) is 12.0 Å². The number of nitrogens with one attached hydrogen (secondary N) is 1. The Kier molecular flexibility index (Phi) is 3.98. The van der Waals surface area contributed by atoms with Crippen LogP contribution in [0.15, 0.2) is 46.0 Å². The van der Waals surface area contributed by atoms with E-state index in [2.05, 4.69) is 17.1 Å². The molecule has 2 aromatic carbocycles. The Morgan fingerprint density at radius 2 is 2.00 bits per heavy atom. The molecular weight excluding hydrogens is 360 g/mol. The number of para-hydroxylation sites is 1. The second-order valence-electron chi connectivity index (χ2n) is 5.88. The molecule has 4 aromatic rings. The lowest BCUT2D eigenvalue weighted by Gasteiger charge is -2.03. The highest BCUT2D eigenvalue weighted by atomic mass is 32.2. The van der Waals surface area contributed by atoms with Gasteiger partial charge in [0.1, 0.15) is 0 Å². The molecule has 130 valence electrons. The van der Waals surface area contributed by atoms with Crippen molar-refractivity contribution in [3.05, 3.63) is 36.4 Å². The minimum absolute atomic E-state index is 0.255. The highest BCUT2D eigenvalue weighted by Gasteiger charge is 2.23. The van der Waals surface area contributed by atoms with Crippen LogP contribution in [0.2, 0.25) is 0 Å². The number of aromatic nitrogens is 2. The normalized spacial score (nSPS) is 12.6. The highest BCUT2D eigenvalue weighted by molar-refractivity contribution is 7.98. The molecular formula is C17H16N2O4S2. The second kappa shape index (κ2) is 6.05. The number of rotatable bonds is 5. The summed E-state index contributed by atoms with van der Waals surface area (Å²) in [7, 11) is -4.21. The van der Waals surface area contributed by atoms with E-state index in [1.165, 1.54) is 11.8 Å². The van der Waals surface area contributed by atoms with Crippen LogP contribution in [0.3, 0.4) is 0 Å². The smallest absolute Gasteiger partial charge is 0.412 e. The summed E-state index contributed by atoms with van der Waals surface area (Å²) in [5.74, 6) is -0.379. The van der Waals surface area contributed by atoms with Crippen molar-refractivity contribution in [2.45, 2.75) is 18.2 Å². The third kappa shape index (κ3) is 3.01. The average Bonchev–Trinajstić information content (AvgIpc) is 3.09. The lowest BCUT2D eigenvalue weighted by atomic mass is 10.1. The Balaban J connectivity index is 1.86. The molecule has 6 nitrogen and oxygen atoms in total. The molecule has 2 heterocycles. The number of oxazole rings is 1. The van der Waals surface area contributed by atoms with Gasteiger partial charge in [0.25, 0.3) is 5.52 Å². The summed E-state index contributed by atoms with van der Waals surface area (Å²) in [6, 6.07) is 12.1. The van der Waals surface area contributed by atoms with Crippen molar-refractivity contribution in [2.24, 2.45) is 0 Å². The Hall–Kier alpha value is -2.03. The van der Waals surface area contributed by atoms with E-state index >= 15 is 0 Å². The summed E-state index contributed by atoms with van der Waals surface area (Å²) in [5, 5.41) is 2.90. The van der Waals surface area contributed by atoms with Crippen LogP contribution in [0.5, 0.6) is 0 Å².